The van der Waals surface area contributed by atoms with Gasteiger partial charge in [-0.1, -0.05) is 30.3 Å². The minimum atomic E-state index is -0.584. The van der Waals surface area contributed by atoms with E-state index in [1.54, 1.807) is 0 Å². The summed E-state index contributed by atoms with van der Waals surface area (Å²) in [4.78, 5) is 14.5. The third-order valence-corrected chi connectivity index (χ3v) is 4.39. The molecular weight excluding hydrogens is 240 g/mol. The summed E-state index contributed by atoms with van der Waals surface area (Å²) in [6.07, 6.45) is 3.13. The summed E-state index contributed by atoms with van der Waals surface area (Å²) in [7, 11) is 0. The lowest BCUT2D eigenvalue weighted by molar-refractivity contribution is -0.139. The Morgan fingerprint density at radius 3 is 2.37 bits per heavy atom. The van der Waals surface area contributed by atoms with Crippen LogP contribution in [0.2, 0.25) is 0 Å². The highest BCUT2D eigenvalue weighted by Gasteiger charge is 2.44. The molecule has 0 aliphatic carbocycles. The van der Waals surface area contributed by atoms with E-state index in [9.17, 15) is 9.90 Å². The van der Waals surface area contributed by atoms with Gasteiger partial charge in [0.15, 0.2) is 0 Å². The predicted molar refractivity (Wildman–Crippen MR) is 72.3 cm³/mol. The van der Waals surface area contributed by atoms with Crippen LogP contribution in [0.3, 0.4) is 0 Å². The van der Waals surface area contributed by atoms with Gasteiger partial charge in [-0.25, -0.2) is 0 Å². The van der Waals surface area contributed by atoms with Crippen LogP contribution in [-0.4, -0.2) is 34.1 Å². The van der Waals surface area contributed by atoms with Crippen molar-refractivity contribution in [2.75, 3.05) is 0 Å². The van der Waals surface area contributed by atoms with Crippen LogP contribution >= 0.6 is 0 Å². The Bertz CT molecular complexity index is 448. The van der Waals surface area contributed by atoms with Crippen molar-refractivity contribution in [3.63, 3.8) is 0 Å². The number of carbonyl (C=O) groups excluding carboxylic acids is 1. The largest absolute Gasteiger partial charge is 0.393 e. The second-order valence-electron chi connectivity index (χ2n) is 5.64. The van der Waals surface area contributed by atoms with Gasteiger partial charge in [0.1, 0.15) is 6.04 Å². The van der Waals surface area contributed by atoms with Gasteiger partial charge >= 0.3 is 0 Å². The molecule has 19 heavy (non-hydrogen) atoms. The number of benzene rings is 1. The molecule has 3 rings (SSSR count). The van der Waals surface area contributed by atoms with Crippen molar-refractivity contribution in [3.05, 3.63) is 35.9 Å². The number of amides is 1. The van der Waals surface area contributed by atoms with E-state index in [4.69, 9.17) is 5.73 Å². The van der Waals surface area contributed by atoms with Crippen LogP contribution in [-0.2, 0) is 4.79 Å². The van der Waals surface area contributed by atoms with E-state index in [0.717, 1.165) is 18.4 Å². The molecule has 3 N–H and O–H groups in total. The van der Waals surface area contributed by atoms with Gasteiger partial charge in [-0.3, -0.25) is 4.79 Å². The number of piperidine rings is 1. The highest BCUT2D eigenvalue weighted by Crippen LogP contribution is 2.37. The quantitative estimate of drug-likeness (QED) is 0.839. The fraction of sp³-hybridized carbons (Fsp3) is 0.533. The first-order chi connectivity index (χ1) is 9.16. The van der Waals surface area contributed by atoms with Crippen molar-refractivity contribution in [1.82, 2.24) is 4.90 Å². The standard InChI is InChI=1S/C15H20N2O2/c16-14(10-4-2-1-3-5-10)15(19)17-11-6-7-12(17)9-13(18)8-11/h1-5,11-14,18H,6-9,16H2. The molecule has 2 bridgehead atoms. The number of hydrogen-bond donors (Lipinski definition) is 2. The van der Waals surface area contributed by atoms with E-state index in [-0.39, 0.29) is 24.1 Å². The molecular formula is C15H20N2O2. The average molecular weight is 260 g/mol. The van der Waals surface area contributed by atoms with Crippen molar-refractivity contribution in [3.8, 4) is 0 Å². The summed E-state index contributed by atoms with van der Waals surface area (Å²) in [5, 5.41) is 9.78. The number of nitrogens with zero attached hydrogens (tertiary/aromatic N) is 1. The summed E-state index contributed by atoms with van der Waals surface area (Å²) in [5.74, 6) is 0.00519. The molecule has 102 valence electrons. The third-order valence-electron chi connectivity index (χ3n) is 4.39. The Balaban J connectivity index is 1.78. The van der Waals surface area contributed by atoms with Gasteiger partial charge in [-0.05, 0) is 31.2 Å². The Morgan fingerprint density at radius 2 is 1.79 bits per heavy atom. The molecule has 1 amide bonds. The molecule has 4 nitrogen and oxygen atoms in total. The Labute approximate surface area is 113 Å². The normalized spacial score (nSPS) is 31.3. The predicted octanol–water partition coefficient (Wildman–Crippen LogP) is 1.20. The van der Waals surface area contributed by atoms with Crippen LogP contribution in [0.25, 0.3) is 0 Å². The highest BCUT2D eigenvalue weighted by atomic mass is 16.3. The lowest BCUT2D eigenvalue weighted by atomic mass is 9.97. The van der Waals surface area contributed by atoms with E-state index < -0.39 is 6.04 Å². The minimum Gasteiger partial charge on any atom is -0.393 e. The number of aliphatic hydroxyl groups is 1. The first-order valence-electron chi connectivity index (χ1n) is 6.97. The lowest BCUT2D eigenvalue weighted by Gasteiger charge is -2.38. The van der Waals surface area contributed by atoms with Crippen molar-refractivity contribution in [2.45, 2.75) is 49.9 Å². The molecule has 0 spiro atoms. The summed E-state index contributed by atoms with van der Waals surface area (Å²) in [6.45, 7) is 0. The van der Waals surface area contributed by atoms with Crippen LogP contribution in [0.5, 0.6) is 0 Å². The molecule has 2 aliphatic rings. The molecule has 0 radical (unpaired) electrons. The van der Waals surface area contributed by atoms with Crippen LogP contribution in [0.15, 0.2) is 30.3 Å². The van der Waals surface area contributed by atoms with E-state index in [0.29, 0.717) is 12.8 Å². The molecule has 2 aliphatic heterocycles. The first-order valence-corrected chi connectivity index (χ1v) is 6.97. The maximum Gasteiger partial charge on any atom is 0.244 e. The van der Waals surface area contributed by atoms with Crippen LogP contribution in [0.1, 0.15) is 37.3 Å². The summed E-state index contributed by atoms with van der Waals surface area (Å²) >= 11 is 0. The topological polar surface area (TPSA) is 66.6 Å². The maximum absolute atomic E-state index is 12.6. The second-order valence-corrected chi connectivity index (χ2v) is 5.64. The first kappa shape index (κ1) is 12.6. The van der Waals surface area contributed by atoms with Crippen molar-refractivity contribution >= 4 is 5.91 Å². The fourth-order valence-corrected chi connectivity index (χ4v) is 3.47. The fourth-order valence-electron chi connectivity index (χ4n) is 3.47. The Hall–Kier alpha value is -1.39. The zero-order valence-corrected chi connectivity index (χ0v) is 10.9. The highest BCUT2D eigenvalue weighted by molar-refractivity contribution is 5.84. The van der Waals surface area contributed by atoms with Gasteiger partial charge in [-0.2, -0.15) is 0 Å². The minimum absolute atomic E-state index is 0.00519. The van der Waals surface area contributed by atoms with E-state index in [1.165, 1.54) is 0 Å². The SMILES string of the molecule is NC(C(=O)N1C2CCC1CC(O)C2)c1ccccc1. The van der Waals surface area contributed by atoms with Gasteiger partial charge in [0.25, 0.3) is 0 Å². The third kappa shape index (κ3) is 2.26. The zero-order chi connectivity index (χ0) is 13.4. The zero-order valence-electron chi connectivity index (χ0n) is 10.9. The van der Waals surface area contributed by atoms with Gasteiger partial charge in [0.2, 0.25) is 5.91 Å². The molecule has 3 atom stereocenters. The number of rotatable bonds is 2. The Morgan fingerprint density at radius 1 is 1.21 bits per heavy atom. The summed E-state index contributed by atoms with van der Waals surface area (Å²) in [5.41, 5.74) is 6.96. The van der Waals surface area contributed by atoms with Gasteiger partial charge in [-0.15, -0.1) is 0 Å². The molecule has 1 aromatic rings. The van der Waals surface area contributed by atoms with Gasteiger partial charge in [0, 0.05) is 12.1 Å². The second kappa shape index (κ2) is 4.94. The molecule has 2 saturated heterocycles. The molecule has 2 fully saturated rings. The maximum atomic E-state index is 12.6. The van der Waals surface area contributed by atoms with Gasteiger partial charge < -0.3 is 15.7 Å². The molecule has 0 aromatic heterocycles. The summed E-state index contributed by atoms with van der Waals surface area (Å²) in [6, 6.07) is 9.27. The lowest BCUT2D eigenvalue weighted by Crippen LogP contribution is -2.50. The Kier molecular flexibility index (Phi) is 3.29. The monoisotopic (exact) mass is 260 g/mol. The van der Waals surface area contributed by atoms with E-state index in [2.05, 4.69) is 0 Å². The van der Waals surface area contributed by atoms with Gasteiger partial charge in [0.05, 0.1) is 6.10 Å². The van der Waals surface area contributed by atoms with Crippen LogP contribution in [0, 0.1) is 0 Å². The van der Waals surface area contributed by atoms with Crippen LogP contribution in [0.4, 0.5) is 0 Å². The van der Waals surface area contributed by atoms with Crippen molar-refractivity contribution < 1.29 is 9.90 Å². The number of hydrogen-bond acceptors (Lipinski definition) is 3. The summed E-state index contributed by atoms with van der Waals surface area (Å²) < 4.78 is 0. The van der Waals surface area contributed by atoms with Crippen molar-refractivity contribution in [2.24, 2.45) is 5.73 Å². The van der Waals surface area contributed by atoms with Crippen LogP contribution < -0.4 is 5.73 Å². The number of aliphatic hydroxyl groups excluding tert-OH is 1. The smallest absolute Gasteiger partial charge is 0.244 e. The number of carbonyl (C=O) groups is 1. The molecule has 2 heterocycles. The van der Waals surface area contributed by atoms with Crippen molar-refractivity contribution in [1.29, 1.82) is 0 Å². The average Bonchev–Trinajstić information content (AvgIpc) is 2.70. The van der Waals surface area contributed by atoms with E-state index >= 15 is 0 Å². The molecule has 4 heteroatoms. The molecule has 1 aromatic carbocycles. The molecule has 0 saturated carbocycles. The number of fused-ring (bicyclic) bond motifs is 2. The number of nitrogens with two attached hydrogens (primary N) is 1. The molecule has 3 unspecified atom stereocenters. The van der Waals surface area contributed by atoms with E-state index in [1.807, 2.05) is 35.2 Å².